The van der Waals surface area contributed by atoms with Crippen molar-refractivity contribution in [2.24, 2.45) is 0 Å². The molecule has 1 fully saturated rings. The van der Waals surface area contributed by atoms with Gasteiger partial charge >= 0.3 is 0 Å². The number of piperazine rings is 1. The summed E-state index contributed by atoms with van der Waals surface area (Å²) in [5.41, 5.74) is 4.14. The second kappa shape index (κ2) is 8.57. The second-order valence-corrected chi connectivity index (χ2v) is 8.24. The van der Waals surface area contributed by atoms with Crippen LogP contribution in [-0.2, 0) is 19.6 Å². The molecule has 1 aromatic carbocycles. The first-order valence-electron chi connectivity index (χ1n) is 9.93. The summed E-state index contributed by atoms with van der Waals surface area (Å²) in [6.45, 7) is 8.62. The van der Waals surface area contributed by atoms with Crippen LogP contribution in [0.1, 0.15) is 24.5 Å². The molecule has 0 bridgehead atoms. The van der Waals surface area contributed by atoms with Gasteiger partial charge in [0.2, 0.25) is 0 Å². The van der Waals surface area contributed by atoms with Crippen molar-refractivity contribution in [3.63, 3.8) is 0 Å². The van der Waals surface area contributed by atoms with Gasteiger partial charge in [-0.3, -0.25) is 9.80 Å². The van der Waals surface area contributed by atoms with E-state index in [0.29, 0.717) is 6.04 Å². The third kappa shape index (κ3) is 4.11. The molecule has 5 heteroatoms. The van der Waals surface area contributed by atoms with Crippen LogP contribution in [0.5, 0.6) is 0 Å². The fourth-order valence-corrected chi connectivity index (χ4v) is 4.96. The van der Waals surface area contributed by atoms with E-state index in [9.17, 15) is 5.11 Å². The lowest BCUT2D eigenvalue weighted by molar-refractivity contribution is 0.0502. The van der Waals surface area contributed by atoms with E-state index in [1.807, 2.05) is 0 Å². The van der Waals surface area contributed by atoms with Gasteiger partial charge in [0, 0.05) is 69.0 Å². The summed E-state index contributed by atoms with van der Waals surface area (Å²) < 4.78 is 2.35. The lowest BCUT2D eigenvalue weighted by Gasteiger charge is -2.41. The highest BCUT2D eigenvalue weighted by atomic mass is 32.1. The van der Waals surface area contributed by atoms with Crippen LogP contribution in [0, 0.1) is 0 Å². The molecule has 0 amide bonds. The highest BCUT2D eigenvalue weighted by Gasteiger charge is 2.27. The molecule has 3 aromatic rings. The second-order valence-electron chi connectivity index (χ2n) is 7.46. The Morgan fingerprint density at radius 2 is 2.04 bits per heavy atom. The zero-order valence-corrected chi connectivity index (χ0v) is 16.9. The monoisotopic (exact) mass is 383 g/mol. The number of rotatable bonds is 7. The number of aryl methyl sites for hydroxylation is 1. The number of para-hydroxylation sites is 1. The Morgan fingerprint density at radius 3 is 2.81 bits per heavy atom. The highest BCUT2D eigenvalue weighted by molar-refractivity contribution is 7.07. The number of nitrogens with zero attached hydrogens (tertiary/aromatic N) is 3. The van der Waals surface area contributed by atoms with Crippen molar-refractivity contribution >= 4 is 22.2 Å². The fourth-order valence-electron chi connectivity index (χ4n) is 4.30. The summed E-state index contributed by atoms with van der Waals surface area (Å²) >= 11 is 1.76. The topological polar surface area (TPSA) is 31.6 Å². The van der Waals surface area contributed by atoms with E-state index in [0.717, 1.165) is 45.7 Å². The van der Waals surface area contributed by atoms with Crippen LogP contribution < -0.4 is 0 Å². The van der Waals surface area contributed by atoms with Crippen LogP contribution in [0.25, 0.3) is 10.9 Å². The minimum Gasteiger partial charge on any atom is -0.396 e. The van der Waals surface area contributed by atoms with Gasteiger partial charge in [0.15, 0.2) is 0 Å². The van der Waals surface area contributed by atoms with E-state index in [1.165, 1.54) is 22.0 Å². The Labute approximate surface area is 165 Å². The minimum atomic E-state index is 0.258. The Balaban J connectivity index is 1.48. The maximum atomic E-state index is 9.57. The van der Waals surface area contributed by atoms with E-state index in [4.69, 9.17) is 0 Å². The Kier molecular flexibility index (Phi) is 5.93. The molecule has 1 N–H and O–H groups in total. The van der Waals surface area contributed by atoms with Gasteiger partial charge in [-0.05, 0) is 47.4 Å². The Morgan fingerprint density at radius 1 is 1.15 bits per heavy atom. The molecular formula is C22H29N3OS. The summed E-state index contributed by atoms with van der Waals surface area (Å²) in [5.74, 6) is 0. The van der Waals surface area contributed by atoms with Crippen molar-refractivity contribution in [2.75, 3.05) is 26.2 Å². The molecule has 0 saturated carbocycles. The molecule has 1 saturated heterocycles. The molecule has 1 aliphatic rings. The standard InChI is InChI=1S/C22H29N3OS/c1-2-24-15-19(21-5-3-4-6-22(21)24)14-23-9-10-25(20(16-23)7-11-26)13-18-8-12-27-17-18/h3-6,8,12,15,17,20,26H,2,7,9-11,13-14,16H2,1H3/t20-/m1/s1. The van der Waals surface area contributed by atoms with Gasteiger partial charge in [0.1, 0.15) is 0 Å². The molecule has 144 valence electrons. The van der Waals surface area contributed by atoms with Gasteiger partial charge < -0.3 is 9.67 Å². The summed E-state index contributed by atoms with van der Waals surface area (Å²) in [7, 11) is 0. The Bertz CT molecular complexity index is 858. The molecule has 1 aliphatic heterocycles. The molecule has 0 unspecified atom stereocenters. The number of hydrogen-bond donors (Lipinski definition) is 1. The third-order valence-corrected chi connectivity index (χ3v) is 6.45. The van der Waals surface area contributed by atoms with Crippen LogP contribution in [0.15, 0.2) is 47.3 Å². The normalized spacial score (nSPS) is 19.1. The van der Waals surface area contributed by atoms with Crippen molar-refractivity contribution in [1.29, 1.82) is 0 Å². The lowest BCUT2D eigenvalue weighted by atomic mass is 10.1. The average Bonchev–Trinajstić information content (AvgIpc) is 3.32. The number of benzene rings is 1. The van der Waals surface area contributed by atoms with Crippen molar-refractivity contribution in [3.8, 4) is 0 Å². The van der Waals surface area contributed by atoms with Gasteiger partial charge in [-0.1, -0.05) is 18.2 Å². The predicted octanol–water partition coefficient (Wildman–Crippen LogP) is 3.79. The predicted molar refractivity (Wildman–Crippen MR) is 113 cm³/mol. The molecule has 27 heavy (non-hydrogen) atoms. The number of thiophene rings is 1. The van der Waals surface area contributed by atoms with Crippen molar-refractivity contribution < 1.29 is 5.11 Å². The van der Waals surface area contributed by atoms with Gasteiger partial charge in [-0.2, -0.15) is 11.3 Å². The zero-order chi connectivity index (χ0) is 18.6. The molecule has 2 aromatic heterocycles. The summed E-state index contributed by atoms with van der Waals surface area (Å²) in [6.07, 6.45) is 3.17. The smallest absolute Gasteiger partial charge is 0.0483 e. The van der Waals surface area contributed by atoms with E-state index >= 15 is 0 Å². The number of fused-ring (bicyclic) bond motifs is 1. The number of aliphatic hydroxyl groups excluding tert-OH is 1. The first-order valence-corrected chi connectivity index (χ1v) is 10.9. The number of aromatic nitrogens is 1. The summed E-state index contributed by atoms with van der Waals surface area (Å²) in [4.78, 5) is 5.11. The van der Waals surface area contributed by atoms with Gasteiger partial charge in [-0.25, -0.2) is 0 Å². The fraction of sp³-hybridized carbons (Fsp3) is 0.455. The zero-order valence-electron chi connectivity index (χ0n) is 16.1. The van der Waals surface area contributed by atoms with Crippen LogP contribution in [0.3, 0.4) is 0 Å². The Hall–Kier alpha value is -1.66. The first kappa shape index (κ1) is 18.7. The maximum Gasteiger partial charge on any atom is 0.0483 e. The average molecular weight is 384 g/mol. The van der Waals surface area contributed by atoms with E-state index in [1.54, 1.807) is 11.3 Å². The van der Waals surface area contributed by atoms with Crippen molar-refractivity contribution in [1.82, 2.24) is 14.4 Å². The molecular weight excluding hydrogens is 354 g/mol. The molecule has 0 aliphatic carbocycles. The van der Waals surface area contributed by atoms with Crippen LogP contribution in [0.4, 0.5) is 0 Å². The van der Waals surface area contributed by atoms with Crippen molar-refractivity contribution in [2.45, 2.75) is 39.0 Å². The lowest BCUT2D eigenvalue weighted by Crippen LogP contribution is -2.52. The third-order valence-electron chi connectivity index (χ3n) is 5.72. The summed E-state index contributed by atoms with van der Waals surface area (Å²) in [6, 6.07) is 11.4. The quantitative estimate of drug-likeness (QED) is 0.674. The SMILES string of the molecule is CCn1cc(CN2CCN(Cc3ccsc3)[C@H](CCO)C2)c2ccccc21. The molecule has 3 heterocycles. The van der Waals surface area contributed by atoms with Crippen LogP contribution in [-0.4, -0.2) is 51.8 Å². The van der Waals surface area contributed by atoms with E-state index in [-0.39, 0.29) is 6.61 Å². The van der Waals surface area contributed by atoms with Gasteiger partial charge in [0.25, 0.3) is 0 Å². The number of aliphatic hydroxyl groups is 1. The van der Waals surface area contributed by atoms with Gasteiger partial charge in [-0.15, -0.1) is 0 Å². The minimum absolute atomic E-state index is 0.258. The molecule has 1 atom stereocenters. The number of hydrogen-bond acceptors (Lipinski definition) is 4. The largest absolute Gasteiger partial charge is 0.396 e. The van der Waals surface area contributed by atoms with E-state index in [2.05, 4.69) is 68.6 Å². The molecule has 4 rings (SSSR count). The maximum absolute atomic E-state index is 9.57. The summed E-state index contributed by atoms with van der Waals surface area (Å²) in [5, 5.41) is 15.3. The first-order chi connectivity index (χ1) is 13.3. The van der Waals surface area contributed by atoms with E-state index < -0.39 is 0 Å². The highest BCUT2D eigenvalue weighted by Crippen LogP contribution is 2.25. The molecule has 0 radical (unpaired) electrons. The van der Waals surface area contributed by atoms with Crippen LogP contribution >= 0.6 is 11.3 Å². The molecule has 4 nitrogen and oxygen atoms in total. The molecule has 0 spiro atoms. The van der Waals surface area contributed by atoms with Crippen LogP contribution in [0.2, 0.25) is 0 Å². The van der Waals surface area contributed by atoms with Gasteiger partial charge in [0.05, 0.1) is 0 Å². The van der Waals surface area contributed by atoms with Crippen molar-refractivity contribution in [3.05, 3.63) is 58.4 Å².